The minimum Gasteiger partial charge on any atom is -0.478 e. The van der Waals surface area contributed by atoms with Crippen molar-refractivity contribution >= 4 is 23.9 Å². The monoisotopic (exact) mass is 398 g/mol. The molecule has 158 valence electrons. The van der Waals surface area contributed by atoms with Gasteiger partial charge in [-0.2, -0.15) is 0 Å². The molecule has 0 heterocycles. The highest BCUT2D eigenvalue weighted by Crippen LogP contribution is 2.10. The van der Waals surface area contributed by atoms with Crippen LogP contribution in [0.5, 0.6) is 0 Å². The van der Waals surface area contributed by atoms with E-state index in [9.17, 15) is 19.2 Å². The van der Waals surface area contributed by atoms with Crippen molar-refractivity contribution in [2.24, 2.45) is 0 Å². The Balaban J connectivity index is 3.40. The van der Waals surface area contributed by atoms with Crippen LogP contribution in [0.1, 0.15) is 64.2 Å². The first-order valence-electron chi connectivity index (χ1n) is 9.37. The average Bonchev–Trinajstić information content (AvgIpc) is 2.62. The van der Waals surface area contributed by atoms with Gasteiger partial charge in [0.25, 0.3) is 0 Å². The molecular formula is C20H30O8. The number of aliphatic carboxylic acids is 2. The highest BCUT2D eigenvalue weighted by Gasteiger charge is 2.11. The predicted molar refractivity (Wildman–Crippen MR) is 102 cm³/mol. The van der Waals surface area contributed by atoms with Crippen LogP contribution >= 0.6 is 0 Å². The topological polar surface area (TPSA) is 127 Å². The summed E-state index contributed by atoms with van der Waals surface area (Å²) in [6.45, 7) is 7.12. The number of unbranched alkanes of at least 4 members (excludes halogenated alkanes) is 7. The first-order chi connectivity index (χ1) is 13.2. The number of rotatable bonds is 17. The standard InChI is InChI=1S/C20H30O8/c1-15(19(23)24)13-17(21)27-11-9-7-5-3-4-6-8-10-12-28-18(22)14-16(2)20(25)26/h1-14H2,(H,23,24)(H,25,26). The van der Waals surface area contributed by atoms with Gasteiger partial charge < -0.3 is 19.7 Å². The molecule has 0 saturated heterocycles. The number of carbonyl (C=O) groups excluding carboxylic acids is 2. The molecule has 0 unspecified atom stereocenters. The zero-order chi connectivity index (χ0) is 21.4. The third-order valence-corrected chi connectivity index (χ3v) is 3.89. The Labute approximate surface area is 165 Å². The largest absolute Gasteiger partial charge is 0.478 e. The lowest BCUT2D eigenvalue weighted by atomic mass is 10.1. The van der Waals surface area contributed by atoms with Gasteiger partial charge in [0.15, 0.2) is 0 Å². The lowest BCUT2D eigenvalue weighted by Gasteiger charge is -2.06. The first kappa shape index (κ1) is 25.4. The molecule has 0 aliphatic rings. The van der Waals surface area contributed by atoms with Gasteiger partial charge in [-0.3, -0.25) is 9.59 Å². The zero-order valence-corrected chi connectivity index (χ0v) is 16.2. The summed E-state index contributed by atoms with van der Waals surface area (Å²) in [5.41, 5.74) is -0.351. The summed E-state index contributed by atoms with van der Waals surface area (Å²) in [4.78, 5) is 43.7. The van der Waals surface area contributed by atoms with Crippen LogP contribution < -0.4 is 0 Å². The lowest BCUT2D eigenvalue weighted by Crippen LogP contribution is -2.10. The first-order valence-corrected chi connectivity index (χ1v) is 9.37. The molecule has 0 rings (SSSR count). The Hall–Kier alpha value is -2.64. The minimum atomic E-state index is -1.20. The van der Waals surface area contributed by atoms with Crippen LogP contribution in [0.2, 0.25) is 0 Å². The molecule has 0 spiro atoms. The molecule has 0 bridgehead atoms. The zero-order valence-electron chi connectivity index (χ0n) is 16.2. The van der Waals surface area contributed by atoms with E-state index in [2.05, 4.69) is 13.2 Å². The van der Waals surface area contributed by atoms with E-state index in [4.69, 9.17) is 19.7 Å². The van der Waals surface area contributed by atoms with E-state index in [-0.39, 0.29) is 37.2 Å². The highest BCUT2D eigenvalue weighted by atomic mass is 16.5. The van der Waals surface area contributed by atoms with Gasteiger partial charge in [-0.15, -0.1) is 0 Å². The van der Waals surface area contributed by atoms with Gasteiger partial charge >= 0.3 is 23.9 Å². The van der Waals surface area contributed by atoms with Crippen molar-refractivity contribution in [2.75, 3.05) is 13.2 Å². The second kappa shape index (κ2) is 15.4. The molecular weight excluding hydrogens is 368 g/mol. The number of esters is 2. The molecule has 0 aromatic rings. The molecule has 0 aliphatic carbocycles. The van der Waals surface area contributed by atoms with Crippen LogP contribution in [-0.4, -0.2) is 47.3 Å². The summed E-state index contributed by atoms with van der Waals surface area (Å²) in [6.07, 6.45) is 6.90. The van der Waals surface area contributed by atoms with E-state index < -0.39 is 23.9 Å². The molecule has 0 saturated carbocycles. The second-order valence-corrected chi connectivity index (χ2v) is 6.44. The summed E-state index contributed by atoms with van der Waals surface area (Å²) >= 11 is 0. The summed E-state index contributed by atoms with van der Waals surface area (Å²) in [7, 11) is 0. The molecule has 8 heteroatoms. The normalized spacial score (nSPS) is 10.1. The lowest BCUT2D eigenvalue weighted by molar-refractivity contribution is -0.145. The van der Waals surface area contributed by atoms with Crippen molar-refractivity contribution in [3.8, 4) is 0 Å². The van der Waals surface area contributed by atoms with Gasteiger partial charge in [0.2, 0.25) is 0 Å². The summed E-state index contributed by atoms with van der Waals surface area (Å²) < 4.78 is 9.90. The molecule has 0 aromatic carbocycles. The number of carboxylic acids is 2. The summed E-state index contributed by atoms with van der Waals surface area (Å²) in [5.74, 6) is -3.53. The van der Waals surface area contributed by atoms with E-state index in [1.54, 1.807) is 0 Å². The van der Waals surface area contributed by atoms with Crippen molar-refractivity contribution in [1.29, 1.82) is 0 Å². The number of hydrogen-bond donors (Lipinski definition) is 2. The maximum atomic E-state index is 11.3. The van der Waals surface area contributed by atoms with Gasteiger partial charge in [0.05, 0.1) is 26.1 Å². The van der Waals surface area contributed by atoms with E-state index in [1.165, 1.54) is 0 Å². The van der Waals surface area contributed by atoms with E-state index in [0.29, 0.717) is 0 Å². The van der Waals surface area contributed by atoms with Crippen molar-refractivity contribution in [2.45, 2.75) is 64.2 Å². The number of carbonyl (C=O) groups is 4. The van der Waals surface area contributed by atoms with Crippen molar-refractivity contribution in [3.05, 3.63) is 24.3 Å². The van der Waals surface area contributed by atoms with Gasteiger partial charge in [-0.25, -0.2) is 9.59 Å². The molecule has 28 heavy (non-hydrogen) atoms. The number of carboxylic acid groups (broad SMARTS) is 2. The van der Waals surface area contributed by atoms with Crippen molar-refractivity contribution in [1.82, 2.24) is 0 Å². The smallest absolute Gasteiger partial charge is 0.331 e. The fraction of sp³-hybridized carbons (Fsp3) is 0.600. The number of ether oxygens (including phenoxy) is 2. The van der Waals surface area contributed by atoms with Gasteiger partial charge in [-0.1, -0.05) is 51.7 Å². The average molecular weight is 398 g/mol. The molecule has 0 radical (unpaired) electrons. The Kier molecular flexibility index (Phi) is 14.0. The van der Waals surface area contributed by atoms with E-state index in [1.807, 2.05) is 0 Å². The SMILES string of the molecule is C=C(CC(=O)OCCCCCCCCCCOC(=O)CC(=C)C(=O)O)C(=O)O. The Morgan fingerprint density at radius 3 is 1.14 bits per heavy atom. The van der Waals surface area contributed by atoms with Crippen LogP contribution in [0.25, 0.3) is 0 Å². The van der Waals surface area contributed by atoms with Crippen LogP contribution in [0.15, 0.2) is 24.3 Å². The molecule has 0 aliphatic heterocycles. The Bertz CT molecular complexity index is 515. The van der Waals surface area contributed by atoms with Gasteiger partial charge in [-0.05, 0) is 12.8 Å². The highest BCUT2D eigenvalue weighted by molar-refractivity contribution is 5.92. The summed E-state index contributed by atoms with van der Waals surface area (Å²) in [5, 5.41) is 17.2. The Morgan fingerprint density at radius 2 is 0.857 bits per heavy atom. The molecule has 0 atom stereocenters. The van der Waals surface area contributed by atoms with Crippen LogP contribution in [0, 0.1) is 0 Å². The molecule has 2 N–H and O–H groups in total. The van der Waals surface area contributed by atoms with Crippen molar-refractivity contribution < 1.29 is 38.9 Å². The quantitative estimate of drug-likeness (QED) is 0.217. The summed E-state index contributed by atoms with van der Waals surface area (Å²) in [6, 6.07) is 0. The number of hydrogen-bond acceptors (Lipinski definition) is 6. The maximum absolute atomic E-state index is 11.3. The fourth-order valence-corrected chi connectivity index (χ4v) is 2.24. The fourth-order valence-electron chi connectivity index (χ4n) is 2.24. The third-order valence-electron chi connectivity index (χ3n) is 3.89. The van der Waals surface area contributed by atoms with Crippen LogP contribution in [0.3, 0.4) is 0 Å². The van der Waals surface area contributed by atoms with Crippen molar-refractivity contribution in [3.63, 3.8) is 0 Å². The van der Waals surface area contributed by atoms with Gasteiger partial charge in [0.1, 0.15) is 0 Å². The van der Waals surface area contributed by atoms with Crippen LogP contribution in [0.4, 0.5) is 0 Å². The van der Waals surface area contributed by atoms with Crippen LogP contribution in [-0.2, 0) is 28.7 Å². The van der Waals surface area contributed by atoms with Gasteiger partial charge in [0, 0.05) is 11.1 Å². The Morgan fingerprint density at radius 1 is 0.571 bits per heavy atom. The third kappa shape index (κ3) is 14.5. The maximum Gasteiger partial charge on any atom is 0.331 e. The molecule has 8 nitrogen and oxygen atoms in total. The van der Waals surface area contributed by atoms with E-state index >= 15 is 0 Å². The molecule has 0 amide bonds. The van der Waals surface area contributed by atoms with E-state index in [0.717, 1.165) is 51.4 Å². The second-order valence-electron chi connectivity index (χ2n) is 6.44. The minimum absolute atomic E-state index is 0.175. The molecule has 0 fully saturated rings. The predicted octanol–water partition coefficient (Wildman–Crippen LogP) is 3.26. The molecule has 0 aromatic heterocycles.